The SMILES string of the molecule is Cc1cc(C(F)(F)F)c[n+](N)c1N.Cc1cc(C)c(S(=O)(=O)[O-])c(C)c1. The zero-order valence-corrected chi connectivity index (χ0v) is 15.5. The molecule has 0 atom stereocenters. The van der Waals surface area contributed by atoms with Crippen LogP contribution in [0.15, 0.2) is 29.3 Å². The zero-order chi connectivity index (χ0) is 20.4. The van der Waals surface area contributed by atoms with Crippen LogP contribution in [0.25, 0.3) is 0 Å². The molecule has 10 heteroatoms. The molecule has 0 saturated carbocycles. The minimum atomic E-state index is -4.39. The summed E-state index contributed by atoms with van der Waals surface area (Å²) in [7, 11) is -4.33. The topological polar surface area (TPSA) is 113 Å². The number of rotatable bonds is 1. The van der Waals surface area contributed by atoms with Gasteiger partial charge in [0.25, 0.3) is 5.82 Å². The standard InChI is InChI=1S/C9H12O3S.C7H8F3N3/c1-6-4-7(2)9(8(3)5-6)13(10,11)12;1-4-2-5(7(8,9)10)3-13(12)6(4)11/h4-5H,1-3H3,(H,10,11,12);2-3,11H,12H2,1H3. The summed E-state index contributed by atoms with van der Waals surface area (Å²) in [4.78, 5) is -0.0851. The van der Waals surface area contributed by atoms with Crippen molar-refractivity contribution in [2.45, 2.75) is 38.8 Å². The molecular weight excluding hydrogens is 371 g/mol. The second-order valence-electron chi connectivity index (χ2n) is 5.88. The first-order valence-electron chi connectivity index (χ1n) is 7.32. The van der Waals surface area contributed by atoms with Crippen molar-refractivity contribution in [2.24, 2.45) is 0 Å². The van der Waals surface area contributed by atoms with Gasteiger partial charge in [-0.05, 0) is 44.9 Å². The lowest BCUT2D eigenvalue weighted by atomic mass is 10.1. The number of alkyl halides is 3. The van der Waals surface area contributed by atoms with E-state index in [1.807, 2.05) is 6.92 Å². The van der Waals surface area contributed by atoms with Gasteiger partial charge in [0.05, 0.1) is 10.5 Å². The Balaban J connectivity index is 0.000000260. The van der Waals surface area contributed by atoms with Crippen LogP contribution in [-0.2, 0) is 16.3 Å². The van der Waals surface area contributed by atoms with Crippen molar-refractivity contribution in [1.29, 1.82) is 0 Å². The average Bonchev–Trinajstić information content (AvgIpc) is 2.41. The van der Waals surface area contributed by atoms with Gasteiger partial charge in [-0.15, -0.1) is 4.68 Å². The molecule has 2 rings (SSSR count). The molecular formula is C16H20F3N3O3S. The predicted octanol–water partition coefficient (Wildman–Crippen LogP) is 2.11. The molecule has 4 N–H and O–H groups in total. The predicted molar refractivity (Wildman–Crippen MR) is 89.6 cm³/mol. The number of aryl methyl sites for hydroxylation is 4. The minimum absolute atomic E-state index is 0.0851. The van der Waals surface area contributed by atoms with Gasteiger partial charge in [0.15, 0.2) is 0 Å². The summed E-state index contributed by atoms with van der Waals surface area (Å²) in [6, 6.07) is 4.34. The van der Waals surface area contributed by atoms with Crippen LogP contribution >= 0.6 is 0 Å². The van der Waals surface area contributed by atoms with Crippen LogP contribution in [0.3, 0.4) is 0 Å². The highest BCUT2D eigenvalue weighted by Crippen LogP contribution is 2.29. The van der Waals surface area contributed by atoms with Gasteiger partial charge in [-0.2, -0.15) is 13.2 Å². The molecule has 1 aromatic carbocycles. The van der Waals surface area contributed by atoms with E-state index in [0.717, 1.165) is 22.5 Å². The van der Waals surface area contributed by atoms with Crippen molar-refractivity contribution in [3.05, 3.63) is 52.2 Å². The third kappa shape index (κ3) is 5.33. The van der Waals surface area contributed by atoms with Gasteiger partial charge in [-0.1, -0.05) is 17.7 Å². The maximum absolute atomic E-state index is 12.2. The minimum Gasteiger partial charge on any atom is -0.744 e. The van der Waals surface area contributed by atoms with E-state index in [-0.39, 0.29) is 10.7 Å². The maximum Gasteiger partial charge on any atom is 0.419 e. The lowest BCUT2D eigenvalue weighted by molar-refractivity contribution is -0.625. The van der Waals surface area contributed by atoms with Crippen LogP contribution in [0.5, 0.6) is 0 Å². The maximum atomic E-state index is 12.2. The molecule has 6 nitrogen and oxygen atoms in total. The Bertz CT molecular complexity index is 880. The largest absolute Gasteiger partial charge is 0.744 e. The summed E-state index contributed by atoms with van der Waals surface area (Å²) in [5.41, 5.74) is 6.87. The molecule has 0 bridgehead atoms. The summed E-state index contributed by atoms with van der Waals surface area (Å²) >= 11 is 0. The number of anilines is 1. The van der Waals surface area contributed by atoms with E-state index in [9.17, 15) is 26.1 Å². The van der Waals surface area contributed by atoms with E-state index in [0.29, 0.717) is 16.7 Å². The molecule has 144 valence electrons. The van der Waals surface area contributed by atoms with Crippen molar-refractivity contribution < 1.29 is 30.8 Å². The summed E-state index contributed by atoms with van der Waals surface area (Å²) in [6.07, 6.45) is -3.64. The van der Waals surface area contributed by atoms with Crippen molar-refractivity contribution in [3.8, 4) is 0 Å². The Labute approximate surface area is 150 Å². The highest BCUT2D eigenvalue weighted by atomic mass is 32.2. The van der Waals surface area contributed by atoms with Crippen molar-refractivity contribution >= 4 is 15.9 Å². The highest BCUT2D eigenvalue weighted by Gasteiger charge is 2.33. The highest BCUT2D eigenvalue weighted by molar-refractivity contribution is 7.85. The van der Waals surface area contributed by atoms with E-state index in [1.165, 1.54) is 6.92 Å². The molecule has 0 spiro atoms. The lowest BCUT2D eigenvalue weighted by Crippen LogP contribution is -2.48. The number of hydrogen-bond donors (Lipinski definition) is 2. The molecule has 1 heterocycles. The van der Waals surface area contributed by atoms with Crippen molar-refractivity contribution in [1.82, 2.24) is 0 Å². The summed E-state index contributed by atoms with van der Waals surface area (Å²) in [6.45, 7) is 6.59. The quantitative estimate of drug-likeness (QED) is 0.439. The van der Waals surface area contributed by atoms with Crippen molar-refractivity contribution in [3.63, 3.8) is 0 Å². The second-order valence-corrected chi connectivity index (χ2v) is 7.20. The molecule has 26 heavy (non-hydrogen) atoms. The first-order valence-corrected chi connectivity index (χ1v) is 8.73. The number of nitrogen functional groups attached to an aromatic ring is 2. The summed E-state index contributed by atoms with van der Waals surface area (Å²) in [5.74, 6) is 5.33. The Morgan fingerprint density at radius 3 is 1.81 bits per heavy atom. The molecule has 0 aliphatic heterocycles. The van der Waals surface area contributed by atoms with Gasteiger partial charge >= 0.3 is 6.18 Å². The first kappa shape index (κ1) is 21.7. The summed E-state index contributed by atoms with van der Waals surface area (Å²) < 4.78 is 69.8. The number of pyridine rings is 1. The number of benzene rings is 1. The van der Waals surface area contributed by atoms with Gasteiger partial charge in [-0.25, -0.2) is 8.42 Å². The van der Waals surface area contributed by atoms with Crippen LogP contribution in [0.4, 0.5) is 19.0 Å². The normalized spacial score (nSPS) is 11.7. The van der Waals surface area contributed by atoms with E-state index in [1.54, 1.807) is 26.0 Å². The fourth-order valence-electron chi connectivity index (χ4n) is 2.48. The monoisotopic (exact) mass is 391 g/mol. The molecule has 0 saturated heterocycles. The molecule has 2 aromatic rings. The molecule has 0 radical (unpaired) electrons. The average molecular weight is 391 g/mol. The number of hydrogen-bond acceptors (Lipinski definition) is 5. The number of nitrogens with zero attached hydrogens (tertiary/aromatic N) is 1. The third-order valence-electron chi connectivity index (χ3n) is 3.51. The van der Waals surface area contributed by atoms with E-state index >= 15 is 0 Å². The molecule has 0 fully saturated rings. The smallest absolute Gasteiger partial charge is 0.419 e. The molecule has 0 aliphatic rings. The van der Waals surface area contributed by atoms with Crippen LogP contribution < -0.4 is 16.3 Å². The molecule has 0 amide bonds. The van der Waals surface area contributed by atoms with Crippen LogP contribution in [0.1, 0.15) is 27.8 Å². The Morgan fingerprint density at radius 1 is 1.00 bits per heavy atom. The van der Waals surface area contributed by atoms with Crippen LogP contribution in [0, 0.1) is 27.7 Å². The Kier molecular flexibility index (Phi) is 6.26. The number of halogens is 3. The first-order chi connectivity index (χ1) is 11.6. The number of aromatic nitrogens is 1. The van der Waals surface area contributed by atoms with Crippen LogP contribution in [0.2, 0.25) is 0 Å². The van der Waals surface area contributed by atoms with Gasteiger partial charge in [0.2, 0.25) is 0 Å². The zero-order valence-electron chi connectivity index (χ0n) is 14.7. The molecule has 0 aliphatic carbocycles. The Hall–Kier alpha value is -2.33. The van der Waals surface area contributed by atoms with Gasteiger partial charge in [-0.3, -0.25) is 11.6 Å². The molecule has 0 unspecified atom stereocenters. The van der Waals surface area contributed by atoms with Crippen molar-refractivity contribution in [2.75, 3.05) is 11.6 Å². The second kappa shape index (κ2) is 7.50. The summed E-state index contributed by atoms with van der Waals surface area (Å²) in [5, 5.41) is 0. The fraction of sp³-hybridized carbons (Fsp3) is 0.312. The lowest BCUT2D eigenvalue weighted by Gasteiger charge is -2.14. The fourth-order valence-corrected chi connectivity index (χ4v) is 3.39. The van der Waals surface area contributed by atoms with Gasteiger partial charge in [0, 0.05) is 5.56 Å². The van der Waals surface area contributed by atoms with Gasteiger partial charge < -0.3 is 4.55 Å². The van der Waals surface area contributed by atoms with E-state index < -0.39 is 21.9 Å². The number of nitrogens with two attached hydrogens (primary N) is 2. The van der Waals surface area contributed by atoms with Crippen LogP contribution in [-0.4, -0.2) is 13.0 Å². The third-order valence-corrected chi connectivity index (χ3v) is 4.66. The Morgan fingerprint density at radius 2 is 1.46 bits per heavy atom. The van der Waals surface area contributed by atoms with Gasteiger partial charge in [0.1, 0.15) is 16.3 Å². The van der Waals surface area contributed by atoms with E-state index in [2.05, 4.69) is 0 Å². The molecule has 1 aromatic heterocycles. The van der Waals surface area contributed by atoms with E-state index in [4.69, 9.17) is 11.6 Å².